The van der Waals surface area contributed by atoms with E-state index in [1.165, 1.54) is 19.2 Å². The Balaban J connectivity index is 2.15. The van der Waals surface area contributed by atoms with E-state index in [2.05, 4.69) is 4.72 Å². The number of halogens is 2. The molecule has 0 unspecified atom stereocenters. The van der Waals surface area contributed by atoms with Gasteiger partial charge in [-0.2, -0.15) is 0 Å². The van der Waals surface area contributed by atoms with E-state index in [0.29, 0.717) is 12.4 Å². The van der Waals surface area contributed by atoms with Gasteiger partial charge in [-0.05, 0) is 36.8 Å². The zero-order valence-corrected chi connectivity index (χ0v) is 15.5. The van der Waals surface area contributed by atoms with Crippen molar-refractivity contribution >= 4 is 33.2 Å². The Morgan fingerprint density at radius 3 is 2.29 bits per heavy atom. The maximum Gasteiger partial charge on any atom is 0.242 e. The molecule has 0 aliphatic heterocycles. The molecule has 0 heterocycles. The number of rotatable bonds is 7. The van der Waals surface area contributed by atoms with Gasteiger partial charge in [0, 0.05) is 6.54 Å². The number of sulfonamides is 1. The number of methoxy groups -OCH3 is 1. The number of hydrogen-bond acceptors (Lipinski definition) is 4. The molecule has 24 heavy (non-hydrogen) atoms. The minimum Gasteiger partial charge on any atom is -0.495 e. The number of hydrogen-bond donors (Lipinski definition) is 1. The second kappa shape index (κ2) is 8.07. The first-order valence-corrected chi connectivity index (χ1v) is 9.36. The predicted molar refractivity (Wildman–Crippen MR) is 94.7 cm³/mol. The lowest BCUT2D eigenvalue weighted by Crippen LogP contribution is -2.23. The molecular formula is C16H17Cl2NO4S. The first-order valence-electron chi connectivity index (χ1n) is 7.12. The summed E-state index contributed by atoms with van der Waals surface area (Å²) in [6.45, 7) is 2.59. The molecule has 0 saturated heterocycles. The Morgan fingerprint density at radius 1 is 1.04 bits per heavy atom. The van der Waals surface area contributed by atoms with Gasteiger partial charge in [0.25, 0.3) is 0 Å². The molecule has 130 valence electrons. The van der Waals surface area contributed by atoms with E-state index in [1.54, 1.807) is 24.3 Å². The fourth-order valence-corrected chi connectivity index (χ4v) is 3.86. The van der Waals surface area contributed by atoms with Crippen molar-refractivity contribution in [2.75, 3.05) is 13.7 Å². The highest BCUT2D eigenvalue weighted by Gasteiger charge is 2.21. The summed E-state index contributed by atoms with van der Waals surface area (Å²) in [4.78, 5) is -0.0964. The van der Waals surface area contributed by atoms with Crippen molar-refractivity contribution in [3.8, 4) is 11.5 Å². The Hall–Kier alpha value is -1.47. The van der Waals surface area contributed by atoms with E-state index in [4.69, 9.17) is 32.7 Å². The van der Waals surface area contributed by atoms with E-state index in [9.17, 15) is 8.42 Å². The average molecular weight is 390 g/mol. The van der Waals surface area contributed by atoms with Gasteiger partial charge in [-0.25, -0.2) is 13.1 Å². The first kappa shape index (κ1) is 18.9. The molecule has 0 atom stereocenters. The zero-order valence-electron chi connectivity index (χ0n) is 13.2. The molecular weight excluding hydrogens is 373 g/mol. The molecule has 0 radical (unpaired) electrons. The van der Waals surface area contributed by atoms with Crippen LogP contribution in [0.3, 0.4) is 0 Å². The topological polar surface area (TPSA) is 64.6 Å². The highest BCUT2D eigenvalue weighted by atomic mass is 35.5. The van der Waals surface area contributed by atoms with Crippen LogP contribution in [0, 0.1) is 0 Å². The Kier molecular flexibility index (Phi) is 6.34. The van der Waals surface area contributed by atoms with E-state index >= 15 is 0 Å². The van der Waals surface area contributed by atoms with Crippen LogP contribution in [0.2, 0.25) is 10.0 Å². The first-order chi connectivity index (χ1) is 11.4. The van der Waals surface area contributed by atoms with Gasteiger partial charge in [0.1, 0.15) is 21.4 Å². The van der Waals surface area contributed by atoms with Crippen molar-refractivity contribution in [1.29, 1.82) is 0 Å². The molecule has 0 aromatic heterocycles. The summed E-state index contributed by atoms with van der Waals surface area (Å²) in [5.41, 5.74) is 0.790. The van der Waals surface area contributed by atoms with Crippen LogP contribution in [0.25, 0.3) is 0 Å². The summed E-state index contributed by atoms with van der Waals surface area (Å²) in [6.07, 6.45) is 0. The summed E-state index contributed by atoms with van der Waals surface area (Å²) in [7, 11) is -2.38. The Bertz CT molecular complexity index is 808. The van der Waals surface area contributed by atoms with Crippen LogP contribution in [0.1, 0.15) is 12.5 Å². The molecule has 2 rings (SSSR count). The number of benzene rings is 2. The van der Waals surface area contributed by atoms with Crippen LogP contribution in [-0.4, -0.2) is 22.1 Å². The highest BCUT2D eigenvalue weighted by Crippen LogP contribution is 2.36. The van der Waals surface area contributed by atoms with Gasteiger partial charge in [0.05, 0.1) is 18.7 Å². The second-order valence-corrected chi connectivity index (χ2v) is 7.29. The van der Waals surface area contributed by atoms with Crippen LogP contribution in [-0.2, 0) is 16.6 Å². The highest BCUT2D eigenvalue weighted by molar-refractivity contribution is 7.89. The summed E-state index contributed by atoms with van der Waals surface area (Å²) < 4.78 is 37.7. The van der Waals surface area contributed by atoms with Crippen LogP contribution in [0.4, 0.5) is 0 Å². The summed E-state index contributed by atoms with van der Waals surface area (Å²) in [5, 5.41) is -0.0154. The Labute approximate surface area is 151 Å². The van der Waals surface area contributed by atoms with E-state index in [-0.39, 0.29) is 21.5 Å². The number of ether oxygens (including phenoxy) is 2. The van der Waals surface area contributed by atoms with Crippen LogP contribution < -0.4 is 14.2 Å². The third-order valence-electron chi connectivity index (χ3n) is 3.22. The van der Waals surface area contributed by atoms with Crippen molar-refractivity contribution in [3.05, 3.63) is 52.0 Å². The minimum absolute atomic E-state index is 0.0584. The third kappa shape index (κ3) is 4.33. The van der Waals surface area contributed by atoms with Gasteiger partial charge in [-0.3, -0.25) is 0 Å². The van der Waals surface area contributed by atoms with Gasteiger partial charge >= 0.3 is 0 Å². The van der Waals surface area contributed by atoms with Gasteiger partial charge in [0.2, 0.25) is 10.0 Å². The monoisotopic (exact) mass is 389 g/mol. The predicted octanol–water partition coefficient (Wildman–Crippen LogP) is 3.88. The van der Waals surface area contributed by atoms with Crippen LogP contribution in [0.15, 0.2) is 41.3 Å². The molecule has 8 heteroatoms. The molecule has 1 N–H and O–H groups in total. The quantitative estimate of drug-likeness (QED) is 0.780. The van der Waals surface area contributed by atoms with Crippen molar-refractivity contribution in [1.82, 2.24) is 4.72 Å². The van der Waals surface area contributed by atoms with Crippen LogP contribution in [0.5, 0.6) is 11.5 Å². The van der Waals surface area contributed by atoms with Crippen LogP contribution >= 0.6 is 23.2 Å². The maximum absolute atomic E-state index is 12.4. The average Bonchev–Trinajstić information content (AvgIpc) is 2.57. The third-order valence-corrected chi connectivity index (χ3v) is 5.64. The van der Waals surface area contributed by atoms with Crippen molar-refractivity contribution < 1.29 is 17.9 Å². The van der Waals surface area contributed by atoms with Crippen molar-refractivity contribution in [2.24, 2.45) is 0 Å². The normalized spacial score (nSPS) is 11.3. The summed E-state index contributed by atoms with van der Waals surface area (Å²) >= 11 is 12.1. The molecule has 0 saturated carbocycles. The zero-order chi connectivity index (χ0) is 17.7. The summed E-state index contributed by atoms with van der Waals surface area (Å²) in [6, 6.07) is 9.95. The van der Waals surface area contributed by atoms with E-state index in [0.717, 1.165) is 11.3 Å². The van der Waals surface area contributed by atoms with Gasteiger partial charge in [0.15, 0.2) is 0 Å². The largest absolute Gasteiger partial charge is 0.495 e. The second-order valence-electron chi connectivity index (χ2n) is 4.80. The van der Waals surface area contributed by atoms with E-state index in [1.807, 2.05) is 6.92 Å². The lowest BCUT2D eigenvalue weighted by Gasteiger charge is -2.11. The fraction of sp³-hybridized carbons (Fsp3) is 0.250. The molecule has 0 fully saturated rings. The minimum atomic E-state index is -3.81. The fourth-order valence-electron chi connectivity index (χ4n) is 2.01. The molecule has 0 amide bonds. The molecule has 2 aromatic carbocycles. The molecule has 0 bridgehead atoms. The summed E-state index contributed by atoms with van der Waals surface area (Å²) in [5.74, 6) is 1.04. The standard InChI is InChI=1S/C16H17Cl2NO4S/c1-3-23-12-6-4-11(5-7-12)10-19-24(20,21)14-9-8-13(22-2)15(17)16(14)18/h4-9,19H,3,10H2,1-2H3. The maximum atomic E-state index is 12.4. The lowest BCUT2D eigenvalue weighted by molar-refractivity contribution is 0.340. The van der Waals surface area contributed by atoms with Gasteiger partial charge in [-0.1, -0.05) is 35.3 Å². The SMILES string of the molecule is CCOc1ccc(CNS(=O)(=O)c2ccc(OC)c(Cl)c2Cl)cc1. The molecule has 2 aromatic rings. The smallest absolute Gasteiger partial charge is 0.242 e. The Morgan fingerprint density at radius 2 is 1.71 bits per heavy atom. The number of nitrogens with one attached hydrogen (secondary N) is 1. The molecule has 0 aliphatic rings. The molecule has 0 spiro atoms. The van der Waals surface area contributed by atoms with Crippen molar-refractivity contribution in [2.45, 2.75) is 18.4 Å². The van der Waals surface area contributed by atoms with E-state index < -0.39 is 10.0 Å². The van der Waals surface area contributed by atoms with Gasteiger partial charge < -0.3 is 9.47 Å². The lowest BCUT2D eigenvalue weighted by atomic mass is 10.2. The molecule has 0 aliphatic carbocycles. The van der Waals surface area contributed by atoms with Gasteiger partial charge in [-0.15, -0.1) is 0 Å². The van der Waals surface area contributed by atoms with Crippen molar-refractivity contribution in [3.63, 3.8) is 0 Å². The molecule has 5 nitrogen and oxygen atoms in total.